The van der Waals surface area contributed by atoms with E-state index in [0.717, 1.165) is 44.8 Å². The summed E-state index contributed by atoms with van der Waals surface area (Å²) in [5, 5.41) is 13.8. The summed E-state index contributed by atoms with van der Waals surface area (Å²) < 4.78 is 12.0. The molecule has 0 saturated heterocycles. The van der Waals surface area contributed by atoms with E-state index in [2.05, 4.69) is 49.7 Å². The third kappa shape index (κ3) is 8.42. The largest absolute Gasteiger partial charge is 0.490 e. The first-order chi connectivity index (χ1) is 20.7. The summed E-state index contributed by atoms with van der Waals surface area (Å²) in [5.74, 6) is 2.00. The summed E-state index contributed by atoms with van der Waals surface area (Å²) in [6, 6.07) is 10.3. The Balaban J connectivity index is 0.00000128. The van der Waals surface area contributed by atoms with Gasteiger partial charge in [0.25, 0.3) is 0 Å². The Morgan fingerprint density at radius 2 is 1.61 bits per heavy atom. The number of terminal acetylenes is 1. The van der Waals surface area contributed by atoms with E-state index < -0.39 is 17.7 Å². The van der Waals surface area contributed by atoms with Crippen LogP contribution in [0.2, 0.25) is 0 Å². The number of nitrogens with one attached hydrogen (secondary N) is 1. The van der Waals surface area contributed by atoms with Gasteiger partial charge >= 0.3 is 5.97 Å². The molecular formula is C37H50N2O5. The van der Waals surface area contributed by atoms with Crippen LogP contribution in [0.15, 0.2) is 30.3 Å². The molecule has 0 bridgehead atoms. The predicted molar refractivity (Wildman–Crippen MR) is 184 cm³/mol. The number of anilines is 2. The standard InChI is InChI=1S/C31H38N2O4.C3H4.C2H6.CH2O/c1-16-9-10-21(15-17(16)2)24-19(4)25(22-11-12-23-28(18(22)3)33-13-14-36-23)26(20(5)27(24)32)29(30(34)35)37-31(6,7)8;1-3-2;2*1-2/h9-12,15,29,33H,13-14,32H2,1-8H3,(H,34,35);1H,2H3;1-2H3;1H2. The molecule has 1 aliphatic rings. The van der Waals surface area contributed by atoms with Crippen molar-refractivity contribution in [2.75, 3.05) is 24.2 Å². The molecule has 0 amide bonds. The molecule has 0 radical (unpaired) electrons. The number of benzene rings is 3. The van der Waals surface area contributed by atoms with Crippen molar-refractivity contribution >= 4 is 24.1 Å². The first kappa shape index (κ1) is 37.7. The van der Waals surface area contributed by atoms with Crippen molar-refractivity contribution in [2.24, 2.45) is 0 Å². The van der Waals surface area contributed by atoms with Crippen LogP contribution in [0.3, 0.4) is 0 Å². The second kappa shape index (κ2) is 16.5. The Hall–Kier alpha value is -4.28. The molecule has 44 heavy (non-hydrogen) atoms. The molecule has 1 unspecified atom stereocenters. The predicted octanol–water partition coefficient (Wildman–Crippen LogP) is 8.37. The molecule has 0 fully saturated rings. The number of hydrogen-bond donors (Lipinski definition) is 3. The molecule has 0 aliphatic carbocycles. The highest BCUT2D eigenvalue weighted by atomic mass is 16.5. The molecule has 1 atom stereocenters. The number of nitrogens with two attached hydrogens (primary N) is 1. The highest BCUT2D eigenvalue weighted by Gasteiger charge is 2.34. The zero-order chi connectivity index (χ0) is 33.9. The van der Waals surface area contributed by atoms with Gasteiger partial charge in [-0.05, 0) is 113 Å². The van der Waals surface area contributed by atoms with Crippen molar-refractivity contribution in [1.82, 2.24) is 0 Å². The Bertz CT molecular complexity index is 1500. The molecule has 1 heterocycles. The first-order valence-corrected chi connectivity index (χ1v) is 14.8. The van der Waals surface area contributed by atoms with Crippen molar-refractivity contribution in [2.45, 2.75) is 87.9 Å². The van der Waals surface area contributed by atoms with Crippen LogP contribution in [-0.4, -0.2) is 36.6 Å². The Labute approximate surface area is 264 Å². The van der Waals surface area contributed by atoms with Gasteiger partial charge in [0.05, 0.1) is 11.3 Å². The number of carboxylic acid groups (broad SMARTS) is 1. The van der Waals surface area contributed by atoms with Crippen LogP contribution in [0.1, 0.15) is 81.0 Å². The monoisotopic (exact) mass is 602 g/mol. The number of carbonyl (C=O) groups excluding carboxylic acids is 1. The minimum Gasteiger partial charge on any atom is -0.490 e. The SMILES string of the molecule is C#CC.C=O.CC.Cc1ccc(-c2c(C)c(-c3ccc4c(c3C)NCCO4)c(C(OC(C)(C)C)C(=O)O)c(C)c2N)cc1C. The molecule has 1 aliphatic heterocycles. The van der Waals surface area contributed by atoms with Crippen LogP contribution < -0.4 is 15.8 Å². The second-order valence-corrected chi connectivity index (χ2v) is 11.3. The molecule has 7 nitrogen and oxygen atoms in total. The fourth-order valence-corrected chi connectivity index (χ4v) is 5.21. The third-order valence-corrected chi connectivity index (χ3v) is 7.21. The van der Waals surface area contributed by atoms with E-state index in [-0.39, 0.29) is 0 Å². The van der Waals surface area contributed by atoms with Crippen LogP contribution in [0, 0.1) is 47.0 Å². The van der Waals surface area contributed by atoms with Crippen molar-refractivity contribution in [1.29, 1.82) is 0 Å². The van der Waals surface area contributed by atoms with Crippen molar-refractivity contribution < 1.29 is 24.2 Å². The van der Waals surface area contributed by atoms with E-state index >= 15 is 0 Å². The van der Waals surface area contributed by atoms with Crippen LogP contribution in [-0.2, 0) is 14.3 Å². The van der Waals surface area contributed by atoms with Gasteiger partial charge in [-0.15, -0.1) is 12.3 Å². The number of aliphatic carboxylic acids is 1. The lowest BCUT2D eigenvalue weighted by Crippen LogP contribution is -2.29. The third-order valence-electron chi connectivity index (χ3n) is 7.21. The summed E-state index contributed by atoms with van der Waals surface area (Å²) in [4.78, 5) is 20.7. The number of carboxylic acids is 1. The smallest absolute Gasteiger partial charge is 0.337 e. The summed E-state index contributed by atoms with van der Waals surface area (Å²) in [6.07, 6.45) is 3.41. The highest BCUT2D eigenvalue weighted by molar-refractivity contribution is 5.95. The number of ether oxygens (including phenoxy) is 2. The molecule has 7 heteroatoms. The molecule has 0 saturated carbocycles. The highest BCUT2D eigenvalue weighted by Crippen LogP contribution is 2.48. The number of rotatable bonds is 5. The summed E-state index contributed by atoms with van der Waals surface area (Å²) >= 11 is 0. The summed E-state index contributed by atoms with van der Waals surface area (Å²) in [5.41, 5.74) is 16.9. The van der Waals surface area contributed by atoms with E-state index in [0.29, 0.717) is 30.0 Å². The number of nitrogen functional groups attached to an aromatic ring is 1. The van der Waals surface area contributed by atoms with E-state index in [9.17, 15) is 9.90 Å². The van der Waals surface area contributed by atoms with Crippen molar-refractivity contribution in [3.63, 3.8) is 0 Å². The summed E-state index contributed by atoms with van der Waals surface area (Å²) in [7, 11) is 0. The average molecular weight is 603 g/mol. The van der Waals surface area contributed by atoms with E-state index in [4.69, 9.17) is 20.0 Å². The van der Waals surface area contributed by atoms with Crippen LogP contribution >= 0.6 is 0 Å². The topological polar surface area (TPSA) is 111 Å². The van der Waals surface area contributed by atoms with Gasteiger partial charge in [-0.3, -0.25) is 0 Å². The van der Waals surface area contributed by atoms with Gasteiger partial charge in [0, 0.05) is 23.4 Å². The Morgan fingerprint density at radius 3 is 2.14 bits per heavy atom. The number of aryl methyl sites for hydroxylation is 2. The Kier molecular flexibility index (Phi) is 14.2. The van der Waals surface area contributed by atoms with E-state index in [1.807, 2.05) is 74.3 Å². The van der Waals surface area contributed by atoms with Crippen LogP contribution in [0.4, 0.5) is 11.4 Å². The average Bonchev–Trinajstić information content (AvgIpc) is 2.98. The zero-order valence-electron chi connectivity index (χ0n) is 28.3. The fourth-order valence-electron chi connectivity index (χ4n) is 5.21. The molecule has 0 spiro atoms. The van der Waals surface area contributed by atoms with Crippen molar-refractivity contribution in [3.8, 4) is 40.3 Å². The zero-order valence-corrected chi connectivity index (χ0v) is 28.3. The maximum absolute atomic E-state index is 12.7. The quantitative estimate of drug-likeness (QED) is 0.199. The lowest BCUT2D eigenvalue weighted by atomic mass is 9.81. The molecule has 3 aromatic carbocycles. The second-order valence-electron chi connectivity index (χ2n) is 11.3. The summed E-state index contributed by atoms with van der Waals surface area (Å²) in [6.45, 7) is 24.7. The Morgan fingerprint density at radius 1 is 1.02 bits per heavy atom. The lowest BCUT2D eigenvalue weighted by molar-refractivity contribution is -0.160. The van der Waals surface area contributed by atoms with Gasteiger partial charge in [0.1, 0.15) is 19.1 Å². The van der Waals surface area contributed by atoms with Gasteiger partial charge in [0.15, 0.2) is 6.10 Å². The van der Waals surface area contributed by atoms with Crippen LogP contribution in [0.5, 0.6) is 5.75 Å². The van der Waals surface area contributed by atoms with Gasteiger partial charge in [-0.2, -0.15) is 0 Å². The van der Waals surface area contributed by atoms with Gasteiger partial charge in [-0.25, -0.2) is 4.79 Å². The normalized spacial score (nSPS) is 12.1. The van der Waals surface area contributed by atoms with E-state index in [1.165, 1.54) is 11.1 Å². The van der Waals surface area contributed by atoms with Crippen LogP contribution in [0.25, 0.3) is 22.3 Å². The molecule has 238 valence electrons. The first-order valence-electron chi connectivity index (χ1n) is 14.8. The number of fused-ring (bicyclic) bond motifs is 1. The minimum absolute atomic E-state index is 0.570. The molecule has 0 aromatic heterocycles. The minimum atomic E-state index is -1.19. The molecular weight excluding hydrogens is 552 g/mol. The van der Waals surface area contributed by atoms with Gasteiger partial charge in [0.2, 0.25) is 0 Å². The number of carbonyl (C=O) groups is 2. The van der Waals surface area contributed by atoms with Crippen molar-refractivity contribution in [3.05, 3.63) is 63.7 Å². The molecule has 4 rings (SSSR count). The maximum atomic E-state index is 12.7. The molecule has 4 N–H and O–H groups in total. The van der Waals surface area contributed by atoms with E-state index in [1.54, 1.807) is 6.92 Å². The lowest BCUT2D eigenvalue weighted by Gasteiger charge is -2.31. The maximum Gasteiger partial charge on any atom is 0.337 e. The fraction of sp³-hybridized carbons (Fsp3) is 0.405. The number of hydrogen-bond acceptors (Lipinski definition) is 6. The molecule has 3 aromatic rings. The van der Waals surface area contributed by atoms with Gasteiger partial charge < -0.3 is 30.4 Å². The van der Waals surface area contributed by atoms with Gasteiger partial charge in [-0.1, -0.05) is 38.1 Å².